The zero-order chi connectivity index (χ0) is 7.56. The van der Waals surface area contributed by atoms with Crippen LogP contribution < -0.4 is 0 Å². The molecular formula is C8H17Cl3O2Te. The van der Waals surface area contributed by atoms with E-state index in [1.807, 2.05) is 0 Å². The average molecular weight is 379 g/mol. The van der Waals surface area contributed by atoms with E-state index in [2.05, 4.69) is 0 Å². The number of hydrogen-bond acceptors (Lipinski definition) is 2. The van der Waals surface area contributed by atoms with Gasteiger partial charge < -0.3 is 0 Å². The average Bonchev–Trinajstić information content (AvgIpc) is 1.88. The third-order valence-corrected chi connectivity index (χ3v) is 2.05. The molecule has 0 heterocycles. The van der Waals surface area contributed by atoms with Crippen molar-refractivity contribution in [1.82, 2.24) is 0 Å². The first kappa shape index (κ1) is 24.3. The van der Waals surface area contributed by atoms with E-state index in [0.29, 0.717) is 6.42 Å². The number of Topliss-reactive ketones (excluding diaryl/α,β-unsaturated/α-hetero) is 2. The Labute approximate surface area is 120 Å². The van der Waals surface area contributed by atoms with Gasteiger partial charge in [-0.1, -0.05) is 6.42 Å². The molecule has 0 spiro atoms. The zero-order valence-electron chi connectivity index (χ0n) is 7.95. The van der Waals surface area contributed by atoms with Gasteiger partial charge >= 0.3 is 23.7 Å². The van der Waals surface area contributed by atoms with E-state index < -0.39 is 0 Å². The second-order valence-corrected chi connectivity index (χ2v) is 2.88. The summed E-state index contributed by atoms with van der Waals surface area (Å²) in [5.41, 5.74) is 0. The monoisotopic (exact) mass is 380 g/mol. The van der Waals surface area contributed by atoms with Crippen LogP contribution in [0.4, 0.5) is 0 Å². The van der Waals surface area contributed by atoms with Crippen LogP contribution in [0.15, 0.2) is 0 Å². The van der Waals surface area contributed by atoms with Gasteiger partial charge in [0.2, 0.25) is 0 Å². The van der Waals surface area contributed by atoms with Crippen LogP contribution in [0.1, 0.15) is 32.6 Å². The molecule has 0 saturated heterocycles. The van der Waals surface area contributed by atoms with Gasteiger partial charge in [-0.05, 0) is 19.8 Å². The molecule has 0 amide bonds. The van der Waals surface area contributed by atoms with Crippen molar-refractivity contribution >= 4 is 72.5 Å². The molecule has 1 fully saturated rings. The fourth-order valence-corrected chi connectivity index (χ4v) is 1.41. The predicted octanol–water partition coefficient (Wildman–Crippen LogP) is 1.68. The summed E-state index contributed by atoms with van der Waals surface area (Å²) in [6, 6.07) is 0. The summed E-state index contributed by atoms with van der Waals surface area (Å²) >= 11 is 0. The van der Waals surface area contributed by atoms with Gasteiger partial charge in [-0.25, -0.2) is 0 Å². The first-order valence-electron chi connectivity index (χ1n) is 3.75. The van der Waals surface area contributed by atoms with Crippen LogP contribution in [0.2, 0.25) is 0 Å². The van der Waals surface area contributed by atoms with Crippen molar-refractivity contribution < 1.29 is 9.59 Å². The molecule has 0 aromatic heterocycles. The van der Waals surface area contributed by atoms with Crippen LogP contribution >= 0.6 is 37.2 Å². The molecule has 6 heteroatoms. The van der Waals surface area contributed by atoms with Gasteiger partial charge in [0.15, 0.2) is 0 Å². The van der Waals surface area contributed by atoms with E-state index in [9.17, 15) is 9.59 Å². The molecule has 0 radical (unpaired) electrons. The molecule has 2 nitrogen and oxygen atoms in total. The molecule has 0 aromatic rings. The van der Waals surface area contributed by atoms with E-state index in [1.54, 1.807) is 0 Å². The van der Waals surface area contributed by atoms with Crippen LogP contribution in [-0.2, 0) is 9.59 Å². The van der Waals surface area contributed by atoms with Crippen molar-refractivity contribution in [3.63, 3.8) is 0 Å². The van der Waals surface area contributed by atoms with Gasteiger partial charge in [-0.2, -0.15) is 0 Å². The van der Waals surface area contributed by atoms with E-state index >= 15 is 0 Å². The maximum atomic E-state index is 11.0. The van der Waals surface area contributed by atoms with Crippen molar-refractivity contribution in [1.29, 1.82) is 0 Å². The normalized spacial score (nSPS) is 18.9. The summed E-state index contributed by atoms with van der Waals surface area (Å²) < 4.78 is 0. The molecule has 1 aliphatic carbocycles. The molecule has 14 heavy (non-hydrogen) atoms. The number of ketones is 2. The second kappa shape index (κ2) is 12.1. The maximum absolute atomic E-state index is 11.0. The number of carbonyl (C=O) groups is 2. The minimum atomic E-state index is -0.256. The van der Waals surface area contributed by atoms with Gasteiger partial charge in [-0.3, -0.25) is 9.59 Å². The van der Waals surface area contributed by atoms with Crippen LogP contribution in [0.3, 0.4) is 0 Å². The van der Waals surface area contributed by atoms with Gasteiger partial charge in [-0.15, -0.1) is 37.2 Å². The first-order chi connectivity index (χ1) is 4.72. The molecule has 0 N–H and O–H groups in total. The van der Waals surface area contributed by atoms with Crippen LogP contribution in [-0.4, -0.2) is 35.2 Å². The Kier molecular flexibility index (Phi) is 20.9. The standard InChI is InChI=1S/C8H12O2.3ClH.H2Te/c1-6(9)7-4-2-3-5-8(7)10;;;;/h7H,2-5H2,1H3;3*1H;1H2. The third kappa shape index (κ3) is 7.31. The first-order valence-corrected chi connectivity index (χ1v) is 3.75. The van der Waals surface area contributed by atoms with E-state index in [4.69, 9.17) is 0 Å². The molecule has 1 saturated carbocycles. The fourth-order valence-electron chi connectivity index (χ4n) is 1.41. The summed E-state index contributed by atoms with van der Waals surface area (Å²) in [5, 5.41) is 0. The summed E-state index contributed by atoms with van der Waals surface area (Å²) in [6.45, 7) is 1.51. The Morgan fingerprint density at radius 3 is 2.00 bits per heavy atom. The molecule has 1 aliphatic rings. The van der Waals surface area contributed by atoms with Gasteiger partial charge in [0, 0.05) is 6.42 Å². The summed E-state index contributed by atoms with van der Waals surface area (Å²) in [7, 11) is 0. The van der Waals surface area contributed by atoms with Crippen molar-refractivity contribution in [2.75, 3.05) is 0 Å². The van der Waals surface area contributed by atoms with Gasteiger partial charge in [0.1, 0.15) is 11.6 Å². The van der Waals surface area contributed by atoms with E-state index in [1.165, 1.54) is 6.92 Å². The molecule has 1 rings (SSSR count). The summed E-state index contributed by atoms with van der Waals surface area (Å²) in [4.78, 5) is 21.8. The molecule has 1 atom stereocenters. The quantitative estimate of drug-likeness (QED) is 0.513. The van der Waals surface area contributed by atoms with Gasteiger partial charge in [0.05, 0.1) is 5.92 Å². The Morgan fingerprint density at radius 1 is 1.21 bits per heavy atom. The zero-order valence-corrected chi connectivity index (χ0v) is 13.3. The third-order valence-electron chi connectivity index (χ3n) is 2.05. The molecule has 88 valence electrons. The van der Waals surface area contributed by atoms with E-state index in [-0.39, 0.29) is 78.4 Å². The molecule has 0 bridgehead atoms. The van der Waals surface area contributed by atoms with Crippen molar-refractivity contribution in [2.24, 2.45) is 5.92 Å². The fraction of sp³-hybridized carbons (Fsp3) is 0.750. The Hall–Kier alpha value is 1.000. The van der Waals surface area contributed by atoms with Crippen molar-refractivity contribution in [3.05, 3.63) is 0 Å². The molecule has 0 aliphatic heterocycles. The molecule has 0 aromatic carbocycles. The number of halogens is 3. The summed E-state index contributed by atoms with van der Waals surface area (Å²) in [5.74, 6) is -0.0581. The molecular weight excluding hydrogens is 362 g/mol. The van der Waals surface area contributed by atoms with Crippen LogP contribution in [0.5, 0.6) is 0 Å². The predicted molar refractivity (Wildman–Crippen MR) is 67.9 cm³/mol. The molecule has 1 unspecified atom stereocenters. The topological polar surface area (TPSA) is 34.1 Å². The Bertz CT molecular complexity index is 176. The minimum absolute atomic E-state index is 0. The van der Waals surface area contributed by atoms with Gasteiger partial charge in [0.25, 0.3) is 0 Å². The number of carbonyl (C=O) groups excluding carboxylic acids is 2. The summed E-state index contributed by atoms with van der Waals surface area (Å²) in [6.07, 6.45) is 3.41. The Balaban J connectivity index is -0.000000125. The van der Waals surface area contributed by atoms with E-state index in [0.717, 1.165) is 19.3 Å². The number of rotatable bonds is 1. The number of hydrogen-bond donors (Lipinski definition) is 0. The Morgan fingerprint density at radius 2 is 1.71 bits per heavy atom. The van der Waals surface area contributed by atoms with Crippen molar-refractivity contribution in [3.8, 4) is 0 Å². The van der Waals surface area contributed by atoms with Crippen LogP contribution in [0.25, 0.3) is 0 Å². The van der Waals surface area contributed by atoms with Crippen LogP contribution in [0, 0.1) is 5.92 Å². The SMILES string of the molecule is CC(=O)C1CCCCC1=O.Cl.Cl.Cl.[TeH2]. The second-order valence-electron chi connectivity index (χ2n) is 2.88. The van der Waals surface area contributed by atoms with Crippen molar-refractivity contribution in [2.45, 2.75) is 32.6 Å².